The van der Waals surface area contributed by atoms with Crippen molar-refractivity contribution in [2.45, 2.75) is 12.3 Å². The first-order valence-electron chi connectivity index (χ1n) is 5.94. The third-order valence-corrected chi connectivity index (χ3v) is 3.08. The number of hydrogen-bond donors (Lipinski definition) is 2. The SMILES string of the molecule is COCCNCC1CCNc2ccccc21. The molecule has 0 aliphatic carbocycles. The Morgan fingerprint density at radius 2 is 2.31 bits per heavy atom. The zero-order valence-electron chi connectivity index (χ0n) is 9.83. The minimum atomic E-state index is 0.634. The van der Waals surface area contributed by atoms with Crippen LogP contribution in [0.25, 0.3) is 0 Å². The molecule has 0 fully saturated rings. The number of fused-ring (bicyclic) bond motifs is 1. The summed E-state index contributed by atoms with van der Waals surface area (Å²) >= 11 is 0. The third-order valence-electron chi connectivity index (χ3n) is 3.08. The van der Waals surface area contributed by atoms with Gasteiger partial charge in [-0.15, -0.1) is 0 Å². The van der Waals surface area contributed by atoms with Crippen molar-refractivity contribution in [3.8, 4) is 0 Å². The fraction of sp³-hybridized carbons (Fsp3) is 0.538. The lowest BCUT2D eigenvalue weighted by molar-refractivity contribution is 0.199. The van der Waals surface area contributed by atoms with E-state index in [9.17, 15) is 0 Å². The molecule has 0 aromatic heterocycles. The second-order valence-corrected chi connectivity index (χ2v) is 4.20. The van der Waals surface area contributed by atoms with Crippen molar-refractivity contribution in [1.29, 1.82) is 0 Å². The van der Waals surface area contributed by atoms with E-state index < -0.39 is 0 Å². The van der Waals surface area contributed by atoms with Crippen LogP contribution in [0.4, 0.5) is 5.69 Å². The van der Waals surface area contributed by atoms with Gasteiger partial charge in [0.05, 0.1) is 6.61 Å². The Morgan fingerprint density at radius 3 is 3.19 bits per heavy atom. The molecule has 2 N–H and O–H groups in total. The molecular formula is C13H20N2O. The average molecular weight is 220 g/mol. The molecule has 0 bridgehead atoms. The largest absolute Gasteiger partial charge is 0.385 e. The van der Waals surface area contributed by atoms with E-state index in [2.05, 4.69) is 34.9 Å². The lowest BCUT2D eigenvalue weighted by Crippen LogP contribution is -2.28. The van der Waals surface area contributed by atoms with E-state index in [1.54, 1.807) is 7.11 Å². The van der Waals surface area contributed by atoms with Crippen LogP contribution in [-0.4, -0.2) is 33.4 Å². The standard InChI is InChI=1S/C13H20N2O/c1-16-9-8-14-10-11-6-7-15-13-5-3-2-4-12(11)13/h2-5,11,14-15H,6-10H2,1H3. The van der Waals surface area contributed by atoms with Gasteiger partial charge >= 0.3 is 0 Å². The molecule has 1 aliphatic rings. The van der Waals surface area contributed by atoms with Crippen molar-refractivity contribution < 1.29 is 4.74 Å². The van der Waals surface area contributed by atoms with Crippen molar-refractivity contribution in [3.63, 3.8) is 0 Å². The lowest BCUT2D eigenvalue weighted by Gasteiger charge is -2.26. The van der Waals surface area contributed by atoms with Crippen LogP contribution in [0.1, 0.15) is 17.9 Å². The van der Waals surface area contributed by atoms with Crippen LogP contribution in [0.15, 0.2) is 24.3 Å². The zero-order valence-corrected chi connectivity index (χ0v) is 9.83. The molecule has 1 aromatic carbocycles. The molecule has 1 heterocycles. The summed E-state index contributed by atoms with van der Waals surface area (Å²) in [4.78, 5) is 0. The fourth-order valence-corrected chi connectivity index (χ4v) is 2.21. The molecule has 0 saturated carbocycles. The van der Waals surface area contributed by atoms with Crippen LogP contribution < -0.4 is 10.6 Å². The Labute approximate surface area is 97.2 Å². The minimum Gasteiger partial charge on any atom is -0.385 e. The summed E-state index contributed by atoms with van der Waals surface area (Å²) in [6.07, 6.45) is 1.21. The fourth-order valence-electron chi connectivity index (χ4n) is 2.21. The molecule has 0 amide bonds. The van der Waals surface area contributed by atoms with Gasteiger partial charge in [0.1, 0.15) is 0 Å². The topological polar surface area (TPSA) is 33.3 Å². The highest BCUT2D eigenvalue weighted by atomic mass is 16.5. The van der Waals surface area contributed by atoms with Gasteiger partial charge in [0.15, 0.2) is 0 Å². The maximum Gasteiger partial charge on any atom is 0.0587 e. The van der Waals surface area contributed by atoms with E-state index in [-0.39, 0.29) is 0 Å². The van der Waals surface area contributed by atoms with Crippen molar-refractivity contribution in [3.05, 3.63) is 29.8 Å². The Kier molecular flexibility index (Phi) is 4.19. The smallest absolute Gasteiger partial charge is 0.0587 e. The molecule has 1 unspecified atom stereocenters. The van der Waals surface area contributed by atoms with Crippen LogP contribution in [-0.2, 0) is 4.74 Å². The lowest BCUT2D eigenvalue weighted by atomic mass is 9.91. The highest BCUT2D eigenvalue weighted by Gasteiger charge is 2.18. The summed E-state index contributed by atoms with van der Waals surface area (Å²) in [7, 11) is 1.74. The van der Waals surface area contributed by atoms with E-state index >= 15 is 0 Å². The molecule has 16 heavy (non-hydrogen) atoms. The van der Waals surface area contributed by atoms with Gasteiger partial charge in [0, 0.05) is 38.3 Å². The first kappa shape index (κ1) is 11.4. The number of hydrogen-bond acceptors (Lipinski definition) is 3. The van der Waals surface area contributed by atoms with Gasteiger partial charge in [-0.25, -0.2) is 0 Å². The molecule has 1 atom stereocenters. The molecule has 1 aliphatic heterocycles. The number of ether oxygens (including phenoxy) is 1. The quantitative estimate of drug-likeness (QED) is 0.743. The van der Waals surface area contributed by atoms with E-state index in [1.165, 1.54) is 17.7 Å². The van der Waals surface area contributed by atoms with Gasteiger partial charge in [-0.05, 0) is 18.1 Å². The summed E-state index contributed by atoms with van der Waals surface area (Å²) in [5.74, 6) is 0.634. The number of rotatable bonds is 5. The molecule has 1 aromatic rings. The molecule has 3 heteroatoms. The van der Waals surface area contributed by atoms with Gasteiger partial charge in [0.25, 0.3) is 0 Å². The minimum absolute atomic E-state index is 0.634. The van der Waals surface area contributed by atoms with Crippen LogP contribution in [0.2, 0.25) is 0 Å². The van der Waals surface area contributed by atoms with Gasteiger partial charge in [-0.2, -0.15) is 0 Å². The summed E-state index contributed by atoms with van der Waals surface area (Å²) in [6, 6.07) is 8.60. The van der Waals surface area contributed by atoms with Crippen molar-refractivity contribution in [1.82, 2.24) is 5.32 Å². The Morgan fingerprint density at radius 1 is 1.44 bits per heavy atom. The number of benzene rings is 1. The second kappa shape index (κ2) is 5.87. The van der Waals surface area contributed by atoms with Crippen molar-refractivity contribution in [2.75, 3.05) is 38.7 Å². The van der Waals surface area contributed by atoms with Crippen LogP contribution in [0.3, 0.4) is 0 Å². The summed E-state index contributed by atoms with van der Waals surface area (Å²) in [5, 5.41) is 6.89. The Balaban J connectivity index is 1.91. The van der Waals surface area contributed by atoms with Crippen LogP contribution in [0, 0.1) is 0 Å². The van der Waals surface area contributed by atoms with E-state index in [4.69, 9.17) is 4.74 Å². The molecule has 0 saturated heterocycles. The third kappa shape index (κ3) is 2.74. The van der Waals surface area contributed by atoms with Crippen LogP contribution >= 0.6 is 0 Å². The molecule has 0 radical (unpaired) electrons. The normalized spacial score (nSPS) is 18.9. The molecule has 0 spiro atoms. The van der Waals surface area contributed by atoms with E-state index in [1.807, 2.05) is 0 Å². The highest BCUT2D eigenvalue weighted by molar-refractivity contribution is 5.54. The Hall–Kier alpha value is -1.06. The molecule has 88 valence electrons. The first-order chi connectivity index (χ1) is 7.92. The summed E-state index contributed by atoms with van der Waals surface area (Å²) in [5.41, 5.74) is 2.74. The van der Waals surface area contributed by atoms with Gasteiger partial charge in [-0.1, -0.05) is 18.2 Å². The highest BCUT2D eigenvalue weighted by Crippen LogP contribution is 2.30. The van der Waals surface area contributed by atoms with E-state index in [0.717, 1.165) is 26.2 Å². The number of methoxy groups -OCH3 is 1. The second-order valence-electron chi connectivity index (χ2n) is 4.20. The average Bonchev–Trinajstić information content (AvgIpc) is 2.35. The predicted octanol–water partition coefficient (Wildman–Crippen LogP) is 1.82. The van der Waals surface area contributed by atoms with Crippen molar-refractivity contribution >= 4 is 5.69 Å². The maximum atomic E-state index is 5.03. The van der Waals surface area contributed by atoms with Crippen LogP contribution in [0.5, 0.6) is 0 Å². The van der Waals surface area contributed by atoms with Gasteiger partial charge < -0.3 is 15.4 Å². The van der Waals surface area contributed by atoms with Crippen molar-refractivity contribution in [2.24, 2.45) is 0 Å². The number of nitrogens with one attached hydrogen (secondary N) is 2. The molecule has 2 rings (SSSR count). The molecule has 3 nitrogen and oxygen atoms in total. The summed E-state index contributed by atoms with van der Waals surface area (Å²) < 4.78 is 5.03. The summed E-state index contributed by atoms with van der Waals surface area (Å²) in [6.45, 7) is 3.84. The monoisotopic (exact) mass is 220 g/mol. The number of anilines is 1. The van der Waals surface area contributed by atoms with Gasteiger partial charge in [-0.3, -0.25) is 0 Å². The Bertz CT molecular complexity index is 327. The van der Waals surface area contributed by atoms with Gasteiger partial charge in [0.2, 0.25) is 0 Å². The first-order valence-corrected chi connectivity index (χ1v) is 5.94. The number of para-hydroxylation sites is 1. The molecular weight excluding hydrogens is 200 g/mol. The zero-order chi connectivity index (χ0) is 11.2. The maximum absolute atomic E-state index is 5.03. The van der Waals surface area contributed by atoms with E-state index in [0.29, 0.717) is 5.92 Å². The predicted molar refractivity (Wildman–Crippen MR) is 67.0 cm³/mol.